The van der Waals surface area contributed by atoms with E-state index in [9.17, 15) is 4.39 Å². The summed E-state index contributed by atoms with van der Waals surface area (Å²) in [5.74, 6) is -0.421. The number of nitrogens with one attached hydrogen (secondary N) is 2. The molecule has 0 aliphatic rings. The second-order valence-electron chi connectivity index (χ2n) is 2.75. The molecule has 1 aromatic rings. The first-order chi connectivity index (χ1) is 6.65. The van der Waals surface area contributed by atoms with Crippen molar-refractivity contribution in [1.82, 2.24) is 4.98 Å². The van der Waals surface area contributed by atoms with Gasteiger partial charge in [0, 0.05) is 6.21 Å². The molecule has 4 heteroatoms. The predicted molar refractivity (Wildman–Crippen MR) is 53.6 cm³/mol. The van der Waals surface area contributed by atoms with E-state index in [1.165, 1.54) is 18.2 Å². The minimum Gasteiger partial charge on any atom is -0.309 e. The molecule has 0 saturated carbocycles. The lowest BCUT2D eigenvalue weighted by Crippen LogP contribution is -2.03. The van der Waals surface area contributed by atoms with Crippen LogP contribution in [0.4, 0.5) is 4.39 Å². The summed E-state index contributed by atoms with van der Waals surface area (Å²) in [6, 6.07) is 2.70. The van der Waals surface area contributed by atoms with Gasteiger partial charge in [0.2, 0.25) is 0 Å². The van der Waals surface area contributed by atoms with Crippen LogP contribution in [-0.2, 0) is 0 Å². The summed E-state index contributed by atoms with van der Waals surface area (Å²) in [7, 11) is 0. The van der Waals surface area contributed by atoms with Crippen LogP contribution < -0.4 is 0 Å². The maximum atomic E-state index is 12.5. The fraction of sp³-hybridized carbons (Fsp3) is 0.100. The van der Waals surface area contributed by atoms with Crippen LogP contribution in [0.1, 0.15) is 12.6 Å². The Morgan fingerprint density at radius 1 is 1.50 bits per heavy atom. The van der Waals surface area contributed by atoms with Gasteiger partial charge in [-0.05, 0) is 30.7 Å². The Bertz CT molecular complexity index is 379. The van der Waals surface area contributed by atoms with Gasteiger partial charge in [0.15, 0.2) is 0 Å². The molecule has 0 aromatic carbocycles. The number of nitrogens with zero attached hydrogens (tertiary/aromatic N) is 1. The smallest absolute Gasteiger partial charge is 0.141 e. The summed E-state index contributed by atoms with van der Waals surface area (Å²) in [5, 5.41) is 14.5. The van der Waals surface area contributed by atoms with Crippen molar-refractivity contribution in [2.75, 3.05) is 0 Å². The van der Waals surface area contributed by atoms with Crippen molar-refractivity contribution < 1.29 is 4.39 Å². The molecule has 0 spiro atoms. The van der Waals surface area contributed by atoms with Gasteiger partial charge in [-0.15, -0.1) is 0 Å². The third kappa shape index (κ3) is 2.32. The van der Waals surface area contributed by atoms with Crippen molar-refractivity contribution in [2.45, 2.75) is 6.92 Å². The SMILES string of the molecule is C/C(=C/C=N)C(=N)c1ccc(F)cn1. The molecule has 1 aromatic heterocycles. The Labute approximate surface area is 81.3 Å². The maximum absolute atomic E-state index is 12.5. The number of aromatic nitrogens is 1. The Morgan fingerprint density at radius 3 is 2.71 bits per heavy atom. The lowest BCUT2D eigenvalue weighted by Gasteiger charge is -2.01. The Morgan fingerprint density at radius 2 is 2.21 bits per heavy atom. The van der Waals surface area contributed by atoms with E-state index in [4.69, 9.17) is 10.8 Å². The van der Waals surface area contributed by atoms with Gasteiger partial charge in [-0.3, -0.25) is 10.4 Å². The van der Waals surface area contributed by atoms with Gasteiger partial charge < -0.3 is 5.41 Å². The third-order valence-corrected chi connectivity index (χ3v) is 1.71. The molecule has 0 aliphatic heterocycles. The van der Waals surface area contributed by atoms with Crippen molar-refractivity contribution in [1.29, 1.82) is 10.8 Å². The maximum Gasteiger partial charge on any atom is 0.141 e. The summed E-state index contributed by atoms with van der Waals surface area (Å²) in [4.78, 5) is 3.77. The highest BCUT2D eigenvalue weighted by Gasteiger charge is 2.04. The molecule has 0 aliphatic carbocycles. The monoisotopic (exact) mass is 191 g/mol. The Hall–Kier alpha value is -1.84. The summed E-state index contributed by atoms with van der Waals surface area (Å²) in [5.41, 5.74) is 1.23. The van der Waals surface area contributed by atoms with E-state index in [2.05, 4.69) is 4.98 Å². The zero-order valence-electron chi connectivity index (χ0n) is 7.71. The zero-order chi connectivity index (χ0) is 10.6. The van der Waals surface area contributed by atoms with Crippen LogP contribution in [0.2, 0.25) is 0 Å². The van der Waals surface area contributed by atoms with Gasteiger partial charge in [0.25, 0.3) is 0 Å². The van der Waals surface area contributed by atoms with Gasteiger partial charge in [-0.1, -0.05) is 0 Å². The van der Waals surface area contributed by atoms with Crippen LogP contribution in [0.3, 0.4) is 0 Å². The molecule has 0 saturated heterocycles. The summed E-state index contributed by atoms with van der Waals surface area (Å²) >= 11 is 0. The van der Waals surface area contributed by atoms with Crippen molar-refractivity contribution in [3.8, 4) is 0 Å². The molecule has 3 nitrogen and oxygen atoms in total. The fourth-order valence-corrected chi connectivity index (χ4v) is 0.934. The Kier molecular flexibility index (Phi) is 3.23. The van der Waals surface area contributed by atoms with Crippen LogP contribution >= 0.6 is 0 Å². The average molecular weight is 191 g/mol. The first-order valence-electron chi connectivity index (χ1n) is 4.03. The molecule has 0 atom stereocenters. The molecule has 2 N–H and O–H groups in total. The number of halogens is 1. The van der Waals surface area contributed by atoms with Gasteiger partial charge in [-0.2, -0.15) is 0 Å². The first kappa shape index (κ1) is 10.2. The lowest BCUT2D eigenvalue weighted by molar-refractivity contribution is 0.621. The minimum absolute atomic E-state index is 0.202. The molecule has 14 heavy (non-hydrogen) atoms. The largest absolute Gasteiger partial charge is 0.309 e. The highest BCUT2D eigenvalue weighted by Crippen LogP contribution is 2.05. The van der Waals surface area contributed by atoms with Crippen molar-refractivity contribution in [3.05, 3.63) is 41.5 Å². The number of pyridine rings is 1. The van der Waals surface area contributed by atoms with E-state index in [1.807, 2.05) is 0 Å². The molecule has 1 rings (SSSR count). The molecular weight excluding hydrogens is 181 g/mol. The van der Waals surface area contributed by atoms with E-state index < -0.39 is 5.82 Å². The van der Waals surface area contributed by atoms with E-state index >= 15 is 0 Å². The Balaban J connectivity index is 2.95. The highest BCUT2D eigenvalue weighted by atomic mass is 19.1. The van der Waals surface area contributed by atoms with E-state index in [1.54, 1.807) is 6.92 Å². The van der Waals surface area contributed by atoms with E-state index in [-0.39, 0.29) is 5.71 Å². The van der Waals surface area contributed by atoms with Crippen LogP contribution in [0.25, 0.3) is 0 Å². The van der Waals surface area contributed by atoms with Gasteiger partial charge in [-0.25, -0.2) is 4.39 Å². The zero-order valence-corrected chi connectivity index (χ0v) is 7.71. The molecule has 0 bridgehead atoms. The van der Waals surface area contributed by atoms with Crippen LogP contribution in [0.5, 0.6) is 0 Å². The molecule has 72 valence electrons. The number of allylic oxidation sites excluding steroid dienone is 2. The van der Waals surface area contributed by atoms with Crippen LogP contribution in [0.15, 0.2) is 30.0 Å². The molecule has 0 unspecified atom stereocenters. The lowest BCUT2D eigenvalue weighted by atomic mass is 10.1. The van der Waals surface area contributed by atoms with Gasteiger partial charge >= 0.3 is 0 Å². The normalized spacial score (nSPS) is 11.1. The second kappa shape index (κ2) is 4.41. The molecule has 0 fully saturated rings. The topological polar surface area (TPSA) is 60.6 Å². The van der Waals surface area contributed by atoms with Crippen molar-refractivity contribution >= 4 is 11.9 Å². The van der Waals surface area contributed by atoms with Crippen molar-refractivity contribution in [2.24, 2.45) is 0 Å². The quantitative estimate of drug-likeness (QED) is 0.707. The molecule has 0 radical (unpaired) electrons. The van der Waals surface area contributed by atoms with Crippen molar-refractivity contribution in [3.63, 3.8) is 0 Å². The molecule has 1 heterocycles. The third-order valence-electron chi connectivity index (χ3n) is 1.71. The van der Waals surface area contributed by atoms with E-state index in [0.717, 1.165) is 12.4 Å². The van der Waals surface area contributed by atoms with E-state index in [0.29, 0.717) is 11.3 Å². The van der Waals surface area contributed by atoms with Crippen LogP contribution in [0, 0.1) is 16.6 Å². The second-order valence-corrected chi connectivity index (χ2v) is 2.75. The fourth-order valence-electron chi connectivity index (χ4n) is 0.934. The highest BCUT2D eigenvalue weighted by molar-refractivity contribution is 6.10. The van der Waals surface area contributed by atoms with Gasteiger partial charge in [0.05, 0.1) is 17.6 Å². The van der Waals surface area contributed by atoms with Gasteiger partial charge in [0.1, 0.15) is 5.82 Å². The molecular formula is C10H10FN3. The van der Waals surface area contributed by atoms with Crippen LogP contribution in [-0.4, -0.2) is 16.9 Å². The number of hydrogen-bond acceptors (Lipinski definition) is 3. The molecule has 0 amide bonds. The summed E-state index contributed by atoms with van der Waals surface area (Å²) in [6.07, 6.45) is 3.67. The minimum atomic E-state index is -0.421. The summed E-state index contributed by atoms with van der Waals surface area (Å²) in [6.45, 7) is 1.71. The average Bonchev–Trinajstić information content (AvgIpc) is 2.18. The number of hydrogen-bond donors (Lipinski definition) is 2. The number of rotatable bonds is 3. The summed E-state index contributed by atoms with van der Waals surface area (Å²) < 4.78 is 12.5. The first-order valence-corrected chi connectivity index (χ1v) is 4.03. The standard InChI is InChI=1S/C10H10FN3/c1-7(4-5-12)10(13)9-3-2-8(11)6-14-9/h2-6,12-13H,1H3/b7-4-,12-5?,13-10?. The predicted octanol–water partition coefficient (Wildman–Crippen LogP) is 2.18.